The first-order chi connectivity index (χ1) is 12.1. The number of methoxy groups -OCH3 is 1. The summed E-state index contributed by atoms with van der Waals surface area (Å²) in [6.45, 7) is 4.94. The molecule has 0 unspecified atom stereocenters. The number of carbonyl (C=O) groups excluding carboxylic acids is 4. The molecule has 0 aromatic heterocycles. The third kappa shape index (κ3) is 3.96. The van der Waals surface area contributed by atoms with Gasteiger partial charge in [0.25, 0.3) is 0 Å². The molecule has 0 aliphatic carbocycles. The lowest BCUT2D eigenvalue weighted by molar-refractivity contribution is -0.143. The molecule has 1 aromatic rings. The van der Waals surface area contributed by atoms with Gasteiger partial charge >= 0.3 is 17.8 Å². The molecule has 8 nitrogen and oxygen atoms in total. The minimum absolute atomic E-state index is 0.00535. The molecule has 1 fully saturated rings. The highest BCUT2D eigenvalue weighted by Crippen LogP contribution is 2.31. The largest absolute Gasteiger partial charge is 0.495 e. The van der Waals surface area contributed by atoms with E-state index < -0.39 is 30.3 Å². The smallest absolute Gasteiger partial charge is 0.334 e. The summed E-state index contributed by atoms with van der Waals surface area (Å²) < 4.78 is 5.16. The quantitative estimate of drug-likeness (QED) is 0.601. The van der Waals surface area contributed by atoms with E-state index in [4.69, 9.17) is 16.3 Å². The number of imide groups is 2. The van der Waals surface area contributed by atoms with Crippen LogP contribution >= 0.6 is 11.6 Å². The van der Waals surface area contributed by atoms with Crippen molar-refractivity contribution in [3.8, 4) is 5.75 Å². The van der Waals surface area contributed by atoms with Crippen molar-refractivity contribution in [3.05, 3.63) is 22.7 Å². The number of nitrogens with one attached hydrogen (secondary N) is 1. The summed E-state index contributed by atoms with van der Waals surface area (Å²) in [6.07, 6.45) is 0. The van der Waals surface area contributed by atoms with E-state index in [1.54, 1.807) is 19.1 Å². The highest BCUT2D eigenvalue weighted by Gasteiger charge is 2.45. The number of hydrogen-bond donors (Lipinski definition) is 1. The fraction of sp³-hybridized carbons (Fsp3) is 0.412. The SMILES string of the molecule is COc1cc(Cl)c(C)cc1NC(=O)CN1C(=O)C(=O)N(CC(C)C)C1=O. The minimum Gasteiger partial charge on any atom is -0.495 e. The monoisotopic (exact) mass is 381 g/mol. The van der Waals surface area contributed by atoms with Crippen LogP contribution in [0.4, 0.5) is 10.5 Å². The lowest BCUT2D eigenvalue weighted by Gasteiger charge is -2.17. The van der Waals surface area contributed by atoms with Crippen molar-refractivity contribution in [1.82, 2.24) is 9.80 Å². The van der Waals surface area contributed by atoms with E-state index >= 15 is 0 Å². The summed E-state index contributed by atoms with van der Waals surface area (Å²) in [4.78, 5) is 50.0. The van der Waals surface area contributed by atoms with Crippen LogP contribution in [-0.2, 0) is 14.4 Å². The first-order valence-electron chi connectivity index (χ1n) is 7.97. The van der Waals surface area contributed by atoms with Gasteiger partial charge in [-0.3, -0.25) is 19.3 Å². The number of ether oxygens (including phenoxy) is 1. The maximum atomic E-state index is 12.3. The molecule has 0 saturated carbocycles. The number of aryl methyl sites for hydroxylation is 1. The van der Waals surface area contributed by atoms with Crippen LogP contribution in [0.3, 0.4) is 0 Å². The van der Waals surface area contributed by atoms with E-state index in [-0.39, 0.29) is 12.5 Å². The predicted molar refractivity (Wildman–Crippen MR) is 95.0 cm³/mol. The van der Waals surface area contributed by atoms with E-state index in [0.717, 1.165) is 10.5 Å². The second-order valence-corrected chi connectivity index (χ2v) is 6.74. The molecular formula is C17H20ClN3O5. The molecule has 2 rings (SSSR count). The Bertz CT molecular complexity index is 778. The average Bonchev–Trinajstić information content (AvgIpc) is 2.75. The van der Waals surface area contributed by atoms with Crippen LogP contribution in [-0.4, -0.2) is 53.8 Å². The maximum Gasteiger partial charge on any atom is 0.334 e. The lowest BCUT2D eigenvalue weighted by Crippen LogP contribution is -2.39. The Kier molecular flexibility index (Phi) is 5.86. The van der Waals surface area contributed by atoms with Crippen molar-refractivity contribution in [2.45, 2.75) is 20.8 Å². The number of benzene rings is 1. The summed E-state index contributed by atoms with van der Waals surface area (Å²) in [5.41, 5.74) is 1.07. The molecule has 1 aromatic carbocycles. The van der Waals surface area contributed by atoms with Crippen molar-refractivity contribution < 1.29 is 23.9 Å². The number of amides is 5. The number of halogens is 1. The van der Waals surface area contributed by atoms with Crippen molar-refractivity contribution in [2.75, 3.05) is 25.5 Å². The molecule has 1 heterocycles. The van der Waals surface area contributed by atoms with Crippen molar-refractivity contribution in [3.63, 3.8) is 0 Å². The number of carbonyl (C=O) groups is 4. The highest BCUT2D eigenvalue weighted by molar-refractivity contribution is 6.45. The van der Waals surface area contributed by atoms with Crippen molar-refractivity contribution in [1.29, 1.82) is 0 Å². The zero-order chi connectivity index (χ0) is 19.6. The Labute approximate surface area is 156 Å². The molecule has 1 N–H and O–H groups in total. The molecule has 0 radical (unpaired) electrons. The van der Waals surface area contributed by atoms with E-state index in [1.807, 2.05) is 13.8 Å². The predicted octanol–water partition coefficient (Wildman–Crippen LogP) is 2.04. The molecule has 9 heteroatoms. The van der Waals surface area contributed by atoms with Gasteiger partial charge in [-0.2, -0.15) is 0 Å². The summed E-state index contributed by atoms with van der Waals surface area (Å²) >= 11 is 6.02. The second kappa shape index (κ2) is 7.74. The first-order valence-corrected chi connectivity index (χ1v) is 8.34. The Hall–Kier alpha value is -2.61. The molecule has 1 saturated heterocycles. The standard InChI is InChI=1S/C17H20ClN3O5/c1-9(2)7-20-15(23)16(24)21(17(20)25)8-14(22)19-12-5-10(3)11(18)6-13(12)26-4/h5-6,9H,7-8H2,1-4H3,(H,19,22). The van der Waals surface area contributed by atoms with Crippen molar-refractivity contribution >= 4 is 41.0 Å². The Morgan fingerprint density at radius 3 is 2.38 bits per heavy atom. The molecule has 1 aliphatic rings. The first kappa shape index (κ1) is 19.7. The Balaban J connectivity index is 2.13. The van der Waals surface area contributed by atoms with Crippen LogP contribution in [0.2, 0.25) is 5.02 Å². The van der Waals surface area contributed by atoms with Gasteiger partial charge in [0.05, 0.1) is 12.8 Å². The summed E-state index contributed by atoms with van der Waals surface area (Å²) in [7, 11) is 1.42. The summed E-state index contributed by atoms with van der Waals surface area (Å²) in [5.74, 6) is -2.22. The number of anilines is 1. The minimum atomic E-state index is -1.01. The van der Waals surface area contributed by atoms with Gasteiger partial charge in [-0.05, 0) is 24.5 Å². The van der Waals surface area contributed by atoms with Gasteiger partial charge in [-0.1, -0.05) is 25.4 Å². The molecule has 5 amide bonds. The van der Waals surface area contributed by atoms with Crippen LogP contribution in [0.1, 0.15) is 19.4 Å². The third-order valence-corrected chi connectivity index (χ3v) is 4.15. The van der Waals surface area contributed by atoms with E-state index in [9.17, 15) is 19.2 Å². The zero-order valence-corrected chi connectivity index (χ0v) is 15.7. The van der Waals surface area contributed by atoms with Gasteiger partial charge in [-0.15, -0.1) is 0 Å². The highest BCUT2D eigenvalue weighted by atomic mass is 35.5. The number of hydrogen-bond acceptors (Lipinski definition) is 5. The number of nitrogens with zero attached hydrogens (tertiary/aromatic N) is 2. The van der Waals surface area contributed by atoms with E-state index in [2.05, 4.69) is 5.32 Å². The molecule has 0 atom stereocenters. The fourth-order valence-electron chi connectivity index (χ4n) is 2.48. The van der Waals surface area contributed by atoms with Crippen molar-refractivity contribution in [2.24, 2.45) is 5.92 Å². The third-order valence-electron chi connectivity index (χ3n) is 3.74. The van der Waals surface area contributed by atoms with Gasteiger partial charge < -0.3 is 10.1 Å². The molecule has 26 heavy (non-hydrogen) atoms. The Morgan fingerprint density at radius 2 is 1.81 bits per heavy atom. The molecular weight excluding hydrogens is 362 g/mol. The van der Waals surface area contributed by atoms with Gasteiger partial charge in [0, 0.05) is 17.6 Å². The lowest BCUT2D eigenvalue weighted by atomic mass is 10.2. The van der Waals surface area contributed by atoms with E-state index in [0.29, 0.717) is 21.4 Å². The molecule has 1 aliphatic heterocycles. The molecule has 140 valence electrons. The maximum absolute atomic E-state index is 12.3. The fourth-order valence-corrected chi connectivity index (χ4v) is 2.63. The normalized spacial score (nSPS) is 14.5. The van der Waals surface area contributed by atoms with E-state index in [1.165, 1.54) is 7.11 Å². The number of rotatable bonds is 6. The van der Waals surface area contributed by atoms with Gasteiger partial charge in [0.1, 0.15) is 12.3 Å². The van der Waals surface area contributed by atoms with Crippen LogP contribution in [0, 0.1) is 12.8 Å². The zero-order valence-electron chi connectivity index (χ0n) is 15.0. The summed E-state index contributed by atoms with van der Waals surface area (Å²) in [6, 6.07) is 2.37. The van der Waals surface area contributed by atoms with Gasteiger partial charge in [-0.25, -0.2) is 9.69 Å². The van der Waals surface area contributed by atoms with Crippen LogP contribution in [0.15, 0.2) is 12.1 Å². The molecule has 0 bridgehead atoms. The summed E-state index contributed by atoms with van der Waals surface area (Å²) in [5, 5.41) is 3.04. The van der Waals surface area contributed by atoms with Crippen LogP contribution < -0.4 is 10.1 Å². The van der Waals surface area contributed by atoms with Crippen LogP contribution in [0.25, 0.3) is 0 Å². The molecule has 0 spiro atoms. The van der Waals surface area contributed by atoms with Gasteiger partial charge in [0.15, 0.2) is 0 Å². The van der Waals surface area contributed by atoms with Crippen LogP contribution in [0.5, 0.6) is 5.75 Å². The van der Waals surface area contributed by atoms with Gasteiger partial charge in [0.2, 0.25) is 5.91 Å². The Morgan fingerprint density at radius 1 is 1.19 bits per heavy atom. The second-order valence-electron chi connectivity index (χ2n) is 6.33. The average molecular weight is 382 g/mol. The number of urea groups is 1. The topological polar surface area (TPSA) is 96.0 Å².